The number of nitrogens with one attached hydrogen (secondary N) is 1. The van der Waals surface area contributed by atoms with Gasteiger partial charge in [-0.2, -0.15) is 0 Å². The van der Waals surface area contributed by atoms with Crippen molar-refractivity contribution in [2.24, 2.45) is 0 Å². The number of benzene rings is 1. The molecule has 4 rings (SSSR count). The molecule has 2 atom stereocenters. The lowest BCUT2D eigenvalue weighted by Gasteiger charge is -2.14. The molecule has 1 aliphatic rings. The number of ether oxygens (including phenoxy) is 3. The number of aromatic amines is 1. The minimum Gasteiger partial charge on any atom is -0.371 e. The molecule has 1 saturated heterocycles. The van der Waals surface area contributed by atoms with Gasteiger partial charge in [-0.1, -0.05) is 36.4 Å². The molecule has 27 heavy (non-hydrogen) atoms. The molecular weight excluding hydrogens is 368 g/mol. The minimum atomic E-state index is -0.613. The van der Waals surface area contributed by atoms with E-state index in [1.165, 1.54) is 22.1 Å². The van der Waals surface area contributed by atoms with Crippen molar-refractivity contribution in [3.63, 3.8) is 0 Å². The molecule has 0 unspecified atom stereocenters. The summed E-state index contributed by atoms with van der Waals surface area (Å²) in [5.41, 5.74) is 0.543. The molecule has 0 aliphatic carbocycles. The number of rotatable bonds is 6. The molecule has 0 radical (unpaired) electrons. The van der Waals surface area contributed by atoms with Crippen LogP contribution in [-0.4, -0.2) is 29.1 Å². The van der Waals surface area contributed by atoms with Crippen LogP contribution in [0.15, 0.2) is 63.6 Å². The predicted octanol–water partition coefficient (Wildman–Crippen LogP) is 2.35. The molecule has 0 bridgehead atoms. The number of nitrogens with zero attached hydrogens (tertiary/aromatic N) is 1. The van der Waals surface area contributed by atoms with Gasteiger partial charge in [0.15, 0.2) is 12.5 Å². The van der Waals surface area contributed by atoms with Gasteiger partial charge in [-0.25, -0.2) is 4.79 Å². The van der Waals surface area contributed by atoms with Crippen LogP contribution in [0.3, 0.4) is 0 Å². The predicted molar refractivity (Wildman–Crippen MR) is 101 cm³/mol. The molecule has 7 nitrogen and oxygen atoms in total. The van der Waals surface area contributed by atoms with Crippen LogP contribution in [-0.2, 0) is 20.8 Å². The van der Waals surface area contributed by atoms with E-state index in [4.69, 9.17) is 14.2 Å². The van der Waals surface area contributed by atoms with E-state index in [1.54, 1.807) is 0 Å². The molecule has 1 aliphatic heterocycles. The summed E-state index contributed by atoms with van der Waals surface area (Å²) in [5.74, 6) is 0. The van der Waals surface area contributed by atoms with Gasteiger partial charge in [-0.15, -0.1) is 11.3 Å². The highest BCUT2D eigenvalue weighted by Crippen LogP contribution is 2.24. The van der Waals surface area contributed by atoms with E-state index in [9.17, 15) is 9.59 Å². The van der Waals surface area contributed by atoms with Crippen molar-refractivity contribution < 1.29 is 14.2 Å². The van der Waals surface area contributed by atoms with E-state index in [-0.39, 0.29) is 13.2 Å². The molecule has 3 aromatic rings. The summed E-state index contributed by atoms with van der Waals surface area (Å²) in [6, 6.07) is 13.5. The first-order valence-corrected chi connectivity index (χ1v) is 9.37. The summed E-state index contributed by atoms with van der Waals surface area (Å²) < 4.78 is 18.3. The van der Waals surface area contributed by atoms with Crippen molar-refractivity contribution in [2.45, 2.75) is 19.1 Å². The Morgan fingerprint density at radius 2 is 2.04 bits per heavy atom. The van der Waals surface area contributed by atoms with Crippen molar-refractivity contribution in [1.29, 1.82) is 0 Å². The summed E-state index contributed by atoms with van der Waals surface area (Å²) >= 11 is 1.43. The molecule has 140 valence electrons. The summed E-state index contributed by atoms with van der Waals surface area (Å²) in [4.78, 5) is 27.4. The highest BCUT2D eigenvalue weighted by atomic mass is 32.1. The number of aromatic nitrogens is 2. The zero-order valence-corrected chi connectivity index (χ0v) is 15.2. The maximum absolute atomic E-state index is 12.2. The Morgan fingerprint density at radius 3 is 2.81 bits per heavy atom. The van der Waals surface area contributed by atoms with Crippen LogP contribution < -0.4 is 11.2 Å². The van der Waals surface area contributed by atoms with Crippen molar-refractivity contribution in [3.8, 4) is 10.4 Å². The Bertz CT molecular complexity index is 997. The lowest BCUT2D eigenvalue weighted by molar-refractivity contribution is -0.118. The van der Waals surface area contributed by atoms with Crippen LogP contribution in [0.5, 0.6) is 0 Å². The van der Waals surface area contributed by atoms with Crippen molar-refractivity contribution in [2.75, 3.05) is 13.2 Å². The standard InChI is InChI=1S/C19H18N2O5S/c22-18-14(15-7-4-8-27-15)9-21(19(23)20-18)16-11-25-17(26-16)12-24-10-13-5-2-1-3-6-13/h1-9,16-17H,10-12H2,(H,20,22,23)/t16-,17-/m0/s1. The Labute approximate surface area is 158 Å². The van der Waals surface area contributed by atoms with Crippen molar-refractivity contribution in [1.82, 2.24) is 9.55 Å². The van der Waals surface area contributed by atoms with Gasteiger partial charge in [0.1, 0.15) is 0 Å². The molecule has 1 aromatic carbocycles. The Hall–Kier alpha value is -2.52. The van der Waals surface area contributed by atoms with E-state index in [0.29, 0.717) is 12.2 Å². The number of H-pyrrole nitrogens is 1. The molecule has 0 spiro atoms. The zero-order chi connectivity index (χ0) is 18.6. The van der Waals surface area contributed by atoms with Gasteiger partial charge in [0.2, 0.25) is 0 Å². The van der Waals surface area contributed by atoms with Gasteiger partial charge in [-0.3, -0.25) is 14.3 Å². The molecule has 0 saturated carbocycles. The highest BCUT2D eigenvalue weighted by molar-refractivity contribution is 7.13. The Morgan fingerprint density at radius 1 is 1.19 bits per heavy atom. The van der Waals surface area contributed by atoms with Gasteiger partial charge in [0.05, 0.1) is 25.4 Å². The molecule has 8 heteroatoms. The van der Waals surface area contributed by atoms with Crippen LogP contribution in [0.2, 0.25) is 0 Å². The fraction of sp³-hybridized carbons (Fsp3) is 0.263. The molecule has 1 fully saturated rings. The monoisotopic (exact) mass is 386 g/mol. The largest absolute Gasteiger partial charge is 0.371 e. The maximum atomic E-state index is 12.2. The first-order chi connectivity index (χ1) is 13.2. The lowest BCUT2D eigenvalue weighted by Crippen LogP contribution is -2.34. The van der Waals surface area contributed by atoms with E-state index in [0.717, 1.165) is 10.4 Å². The summed E-state index contributed by atoms with van der Waals surface area (Å²) in [6.07, 6.45) is 0.343. The van der Waals surface area contributed by atoms with E-state index in [1.807, 2.05) is 47.8 Å². The average molecular weight is 386 g/mol. The highest BCUT2D eigenvalue weighted by Gasteiger charge is 2.29. The molecular formula is C19H18N2O5S. The van der Waals surface area contributed by atoms with Gasteiger partial charge in [-0.05, 0) is 17.0 Å². The average Bonchev–Trinajstić information content (AvgIpc) is 3.35. The lowest BCUT2D eigenvalue weighted by atomic mass is 10.2. The second kappa shape index (κ2) is 8.01. The third-order valence-corrected chi connectivity index (χ3v) is 5.07. The SMILES string of the molecule is O=c1[nH]c(=O)n([C@@H]2CO[C@H](COCc3ccccc3)O2)cc1-c1cccs1. The second-order valence-corrected chi connectivity index (χ2v) is 6.99. The molecule has 0 amide bonds. The molecule has 2 aromatic heterocycles. The quantitative estimate of drug-likeness (QED) is 0.703. The summed E-state index contributed by atoms with van der Waals surface area (Å²) in [7, 11) is 0. The number of thiophene rings is 1. The van der Waals surface area contributed by atoms with Gasteiger partial charge >= 0.3 is 5.69 Å². The van der Waals surface area contributed by atoms with Gasteiger partial charge in [0, 0.05) is 11.1 Å². The Kier molecular flexibility index (Phi) is 5.30. The van der Waals surface area contributed by atoms with E-state index in [2.05, 4.69) is 4.98 Å². The van der Waals surface area contributed by atoms with Crippen molar-refractivity contribution in [3.05, 3.63) is 80.4 Å². The van der Waals surface area contributed by atoms with Gasteiger partial charge < -0.3 is 14.2 Å². The first-order valence-electron chi connectivity index (χ1n) is 8.49. The van der Waals surface area contributed by atoms with Crippen molar-refractivity contribution >= 4 is 11.3 Å². The van der Waals surface area contributed by atoms with Crippen LogP contribution in [0, 0.1) is 0 Å². The third kappa shape index (κ3) is 4.09. The molecule has 3 heterocycles. The van der Waals surface area contributed by atoms with E-state index < -0.39 is 23.8 Å². The van der Waals surface area contributed by atoms with E-state index >= 15 is 0 Å². The first kappa shape index (κ1) is 17.9. The van der Waals surface area contributed by atoms with Crippen LogP contribution in [0.25, 0.3) is 10.4 Å². The number of hydrogen-bond donors (Lipinski definition) is 1. The fourth-order valence-corrected chi connectivity index (χ4v) is 3.56. The summed E-state index contributed by atoms with van der Waals surface area (Å²) in [6.45, 7) is 0.909. The Balaban J connectivity index is 1.42. The second-order valence-electron chi connectivity index (χ2n) is 6.04. The van der Waals surface area contributed by atoms with Crippen LogP contribution in [0.4, 0.5) is 0 Å². The molecule has 1 N–H and O–H groups in total. The summed E-state index contributed by atoms with van der Waals surface area (Å²) in [5, 5.41) is 1.87. The normalized spacial score (nSPS) is 19.4. The smallest absolute Gasteiger partial charge is 0.330 e. The minimum absolute atomic E-state index is 0.204. The van der Waals surface area contributed by atoms with Crippen LogP contribution in [0.1, 0.15) is 11.8 Å². The number of hydrogen-bond acceptors (Lipinski definition) is 6. The zero-order valence-electron chi connectivity index (χ0n) is 14.4. The van der Waals surface area contributed by atoms with Crippen LogP contribution >= 0.6 is 11.3 Å². The van der Waals surface area contributed by atoms with Gasteiger partial charge in [0.25, 0.3) is 5.56 Å². The third-order valence-electron chi connectivity index (χ3n) is 4.16. The maximum Gasteiger partial charge on any atom is 0.330 e. The topological polar surface area (TPSA) is 82.6 Å². The fourth-order valence-electron chi connectivity index (χ4n) is 2.83.